The Hall–Kier alpha value is -2.33. The number of benzene rings is 2. The van der Waals surface area contributed by atoms with E-state index in [1.165, 1.54) is 0 Å². The zero-order valence-electron chi connectivity index (χ0n) is 12.9. The molecule has 0 unspecified atom stereocenters. The van der Waals surface area contributed by atoms with Gasteiger partial charge in [-0.05, 0) is 36.4 Å². The molecule has 2 rings (SSSR count). The fraction of sp³-hybridized carbons (Fsp3) is 0.133. The lowest BCUT2D eigenvalue weighted by molar-refractivity contribution is -0.139. The molecular formula is C15H10ClF4NO4S. The van der Waals surface area contributed by atoms with Gasteiger partial charge in [-0.3, -0.25) is 4.72 Å². The molecule has 0 aliphatic carbocycles. The van der Waals surface area contributed by atoms with E-state index in [1.807, 2.05) is 4.72 Å². The Morgan fingerprint density at radius 1 is 1.15 bits per heavy atom. The molecule has 1 N–H and O–H groups in total. The van der Waals surface area contributed by atoms with Crippen molar-refractivity contribution < 1.29 is 35.5 Å². The van der Waals surface area contributed by atoms with Gasteiger partial charge in [-0.25, -0.2) is 17.6 Å². The molecular weight excluding hydrogens is 402 g/mol. The number of alkyl halides is 3. The topological polar surface area (TPSA) is 72.5 Å². The van der Waals surface area contributed by atoms with E-state index >= 15 is 0 Å². The number of anilines is 1. The summed E-state index contributed by atoms with van der Waals surface area (Å²) in [6.45, 7) is 0. The molecule has 0 radical (unpaired) electrons. The molecule has 0 aromatic heterocycles. The zero-order valence-corrected chi connectivity index (χ0v) is 14.5. The lowest BCUT2D eigenvalue weighted by Gasteiger charge is -2.13. The standard InChI is InChI=1S/C15H10ClF4NO4S/c1-25-14(22)8-2-5-13(11(16)6-8)26(23,24)21-9-3-4-12(17)10(7-9)15(18,19)20/h2-7,21H,1H3. The summed E-state index contributed by atoms with van der Waals surface area (Å²) < 4.78 is 82.4. The summed E-state index contributed by atoms with van der Waals surface area (Å²) in [5.41, 5.74) is -2.14. The molecule has 11 heteroatoms. The van der Waals surface area contributed by atoms with E-state index in [-0.39, 0.29) is 10.6 Å². The third kappa shape index (κ3) is 4.25. The molecule has 5 nitrogen and oxygen atoms in total. The Morgan fingerprint density at radius 3 is 2.35 bits per heavy atom. The average molecular weight is 412 g/mol. The SMILES string of the molecule is COC(=O)c1ccc(S(=O)(=O)Nc2ccc(F)c(C(F)(F)F)c2)c(Cl)c1. The second-order valence-corrected chi connectivity index (χ2v) is 6.99. The van der Waals surface area contributed by atoms with E-state index < -0.39 is 44.1 Å². The summed E-state index contributed by atoms with van der Waals surface area (Å²) in [6, 6.07) is 4.79. The van der Waals surface area contributed by atoms with Gasteiger partial charge < -0.3 is 4.74 Å². The Kier molecular flexibility index (Phi) is 5.47. The number of esters is 1. The van der Waals surface area contributed by atoms with Crippen molar-refractivity contribution in [3.05, 3.63) is 58.4 Å². The van der Waals surface area contributed by atoms with Crippen molar-refractivity contribution in [2.75, 3.05) is 11.8 Å². The highest BCUT2D eigenvalue weighted by Crippen LogP contribution is 2.34. The van der Waals surface area contributed by atoms with Gasteiger partial charge in [0.05, 0.1) is 23.3 Å². The average Bonchev–Trinajstić information content (AvgIpc) is 2.54. The predicted octanol–water partition coefficient (Wildman–Crippen LogP) is 4.09. The number of carbonyl (C=O) groups excluding carboxylic acids is 1. The van der Waals surface area contributed by atoms with Crippen LogP contribution in [-0.4, -0.2) is 21.5 Å². The Labute approximate surface area is 150 Å². The van der Waals surface area contributed by atoms with Crippen molar-refractivity contribution in [1.29, 1.82) is 0 Å². The minimum absolute atomic E-state index is 0.0161. The number of hydrogen-bond donors (Lipinski definition) is 1. The summed E-state index contributed by atoms with van der Waals surface area (Å²) in [5.74, 6) is -2.29. The first-order valence-electron chi connectivity index (χ1n) is 6.73. The Balaban J connectivity index is 2.39. The summed E-state index contributed by atoms with van der Waals surface area (Å²) in [6.07, 6.45) is -4.99. The van der Waals surface area contributed by atoms with E-state index in [9.17, 15) is 30.8 Å². The van der Waals surface area contributed by atoms with E-state index in [0.717, 1.165) is 31.4 Å². The minimum Gasteiger partial charge on any atom is -0.465 e. The molecule has 0 amide bonds. The van der Waals surface area contributed by atoms with Crippen LogP contribution in [0, 0.1) is 5.82 Å². The molecule has 2 aromatic rings. The van der Waals surface area contributed by atoms with E-state index in [0.29, 0.717) is 12.1 Å². The van der Waals surface area contributed by atoms with Gasteiger partial charge >= 0.3 is 12.1 Å². The van der Waals surface area contributed by atoms with Crippen molar-refractivity contribution >= 4 is 33.3 Å². The van der Waals surface area contributed by atoms with Crippen LogP contribution in [-0.2, 0) is 20.9 Å². The van der Waals surface area contributed by atoms with Crippen LogP contribution in [0.25, 0.3) is 0 Å². The van der Waals surface area contributed by atoms with Gasteiger partial charge in [-0.2, -0.15) is 13.2 Å². The first-order chi connectivity index (χ1) is 12.0. The number of sulfonamides is 1. The summed E-state index contributed by atoms with van der Waals surface area (Å²) in [4.78, 5) is 10.9. The highest BCUT2D eigenvalue weighted by molar-refractivity contribution is 7.92. The first-order valence-corrected chi connectivity index (χ1v) is 8.59. The molecule has 140 valence electrons. The third-order valence-corrected chi connectivity index (χ3v) is 5.03. The Bertz CT molecular complexity index is 961. The van der Waals surface area contributed by atoms with Crippen LogP contribution in [0.3, 0.4) is 0 Å². The van der Waals surface area contributed by atoms with Gasteiger partial charge in [-0.1, -0.05) is 11.6 Å². The van der Waals surface area contributed by atoms with Gasteiger partial charge in [0, 0.05) is 5.69 Å². The molecule has 0 saturated carbocycles. The number of nitrogens with one attached hydrogen (secondary N) is 1. The van der Waals surface area contributed by atoms with Crippen molar-refractivity contribution in [2.24, 2.45) is 0 Å². The maximum Gasteiger partial charge on any atom is 0.419 e. The van der Waals surface area contributed by atoms with Crippen molar-refractivity contribution in [2.45, 2.75) is 11.1 Å². The maximum atomic E-state index is 13.3. The summed E-state index contributed by atoms with van der Waals surface area (Å²) in [7, 11) is -3.27. The van der Waals surface area contributed by atoms with Crippen molar-refractivity contribution in [3.63, 3.8) is 0 Å². The third-order valence-electron chi connectivity index (χ3n) is 3.17. The lowest BCUT2D eigenvalue weighted by Crippen LogP contribution is -2.15. The van der Waals surface area contributed by atoms with E-state index in [4.69, 9.17) is 11.6 Å². The lowest BCUT2D eigenvalue weighted by atomic mass is 10.2. The number of methoxy groups -OCH3 is 1. The van der Waals surface area contributed by atoms with Crippen LogP contribution >= 0.6 is 11.6 Å². The van der Waals surface area contributed by atoms with Crippen molar-refractivity contribution in [1.82, 2.24) is 0 Å². The molecule has 2 aromatic carbocycles. The molecule has 0 atom stereocenters. The van der Waals surface area contributed by atoms with Crippen LogP contribution in [0.15, 0.2) is 41.3 Å². The van der Waals surface area contributed by atoms with Gasteiger partial charge in [0.2, 0.25) is 0 Å². The number of ether oxygens (including phenoxy) is 1. The second kappa shape index (κ2) is 7.12. The number of rotatable bonds is 4. The largest absolute Gasteiger partial charge is 0.465 e. The number of halogens is 5. The molecule has 0 heterocycles. The second-order valence-electron chi connectivity index (χ2n) is 4.93. The van der Waals surface area contributed by atoms with Crippen LogP contribution < -0.4 is 4.72 Å². The van der Waals surface area contributed by atoms with Crippen LogP contribution in [0.5, 0.6) is 0 Å². The number of carbonyl (C=O) groups is 1. The normalized spacial score (nSPS) is 11.9. The Morgan fingerprint density at radius 2 is 1.81 bits per heavy atom. The van der Waals surface area contributed by atoms with E-state index in [1.54, 1.807) is 0 Å². The quantitative estimate of drug-likeness (QED) is 0.607. The van der Waals surface area contributed by atoms with Gasteiger partial charge in [-0.15, -0.1) is 0 Å². The predicted molar refractivity (Wildman–Crippen MR) is 85.0 cm³/mol. The smallest absolute Gasteiger partial charge is 0.419 e. The highest BCUT2D eigenvalue weighted by Gasteiger charge is 2.34. The molecule has 0 fully saturated rings. The summed E-state index contributed by atoms with van der Waals surface area (Å²) >= 11 is 5.84. The molecule has 0 aliphatic rings. The molecule has 0 spiro atoms. The van der Waals surface area contributed by atoms with Crippen LogP contribution in [0.1, 0.15) is 15.9 Å². The van der Waals surface area contributed by atoms with Crippen LogP contribution in [0.4, 0.5) is 23.2 Å². The van der Waals surface area contributed by atoms with Crippen molar-refractivity contribution in [3.8, 4) is 0 Å². The summed E-state index contributed by atoms with van der Waals surface area (Å²) in [5, 5.41) is -0.349. The number of hydrogen-bond acceptors (Lipinski definition) is 4. The maximum absolute atomic E-state index is 13.3. The van der Waals surface area contributed by atoms with Crippen LogP contribution in [0.2, 0.25) is 5.02 Å². The molecule has 26 heavy (non-hydrogen) atoms. The highest BCUT2D eigenvalue weighted by atomic mass is 35.5. The van der Waals surface area contributed by atoms with Gasteiger partial charge in [0.15, 0.2) is 0 Å². The fourth-order valence-electron chi connectivity index (χ4n) is 1.98. The van der Waals surface area contributed by atoms with Gasteiger partial charge in [0.1, 0.15) is 10.7 Å². The van der Waals surface area contributed by atoms with Gasteiger partial charge in [0.25, 0.3) is 10.0 Å². The molecule has 0 bridgehead atoms. The minimum atomic E-state index is -4.99. The van der Waals surface area contributed by atoms with E-state index in [2.05, 4.69) is 4.74 Å². The monoisotopic (exact) mass is 411 g/mol. The molecule has 0 aliphatic heterocycles. The fourth-order valence-corrected chi connectivity index (χ4v) is 3.58. The first kappa shape index (κ1) is 20.0. The molecule has 0 saturated heterocycles. The zero-order chi connectivity index (χ0) is 19.7.